The van der Waals surface area contributed by atoms with Crippen LogP contribution >= 0.6 is 0 Å². The second-order valence-electron chi connectivity index (χ2n) is 6.88. The summed E-state index contributed by atoms with van der Waals surface area (Å²) in [6, 6.07) is 11.0. The first-order valence-electron chi connectivity index (χ1n) is 9.02. The van der Waals surface area contributed by atoms with Gasteiger partial charge in [-0.15, -0.1) is 0 Å². The molecule has 6 nitrogen and oxygen atoms in total. The summed E-state index contributed by atoms with van der Waals surface area (Å²) < 4.78 is 10.8. The summed E-state index contributed by atoms with van der Waals surface area (Å²) in [5.41, 5.74) is 0.650. The first-order chi connectivity index (χ1) is 12.7. The maximum atomic E-state index is 12.5. The summed E-state index contributed by atoms with van der Waals surface area (Å²) >= 11 is 0. The van der Waals surface area contributed by atoms with Crippen molar-refractivity contribution >= 4 is 5.91 Å². The summed E-state index contributed by atoms with van der Waals surface area (Å²) in [6.45, 7) is 3.31. The molecule has 6 heteroatoms. The Morgan fingerprint density at radius 1 is 1.12 bits per heavy atom. The van der Waals surface area contributed by atoms with Crippen molar-refractivity contribution in [3.05, 3.63) is 48.2 Å². The number of pyridine rings is 1. The predicted octanol–water partition coefficient (Wildman–Crippen LogP) is 2.71. The zero-order valence-electron chi connectivity index (χ0n) is 14.9. The number of piperidine rings is 3. The highest BCUT2D eigenvalue weighted by Crippen LogP contribution is 2.28. The summed E-state index contributed by atoms with van der Waals surface area (Å²) in [4.78, 5) is 19.1. The number of ether oxygens (including phenoxy) is 2. The van der Waals surface area contributed by atoms with E-state index in [-0.39, 0.29) is 11.9 Å². The topological polar surface area (TPSA) is 63.7 Å². The maximum Gasteiger partial charge on any atom is 0.251 e. The third-order valence-electron chi connectivity index (χ3n) is 5.26. The molecule has 2 aromatic rings. The number of rotatable bonds is 5. The molecule has 3 saturated heterocycles. The van der Waals surface area contributed by atoms with Crippen LogP contribution in [0.1, 0.15) is 23.2 Å². The Labute approximate surface area is 153 Å². The van der Waals surface area contributed by atoms with Gasteiger partial charge in [0, 0.05) is 24.2 Å². The molecule has 5 rings (SSSR count). The van der Waals surface area contributed by atoms with Crippen LogP contribution in [-0.2, 0) is 0 Å². The van der Waals surface area contributed by atoms with E-state index in [1.54, 1.807) is 49.7 Å². The molecule has 3 aliphatic rings. The van der Waals surface area contributed by atoms with E-state index >= 15 is 0 Å². The van der Waals surface area contributed by atoms with Gasteiger partial charge in [0.15, 0.2) is 0 Å². The summed E-state index contributed by atoms with van der Waals surface area (Å²) in [7, 11) is 1.59. The van der Waals surface area contributed by atoms with E-state index < -0.39 is 0 Å². The first-order valence-corrected chi connectivity index (χ1v) is 9.02. The highest BCUT2D eigenvalue weighted by atomic mass is 16.5. The van der Waals surface area contributed by atoms with Crippen molar-refractivity contribution in [1.82, 2.24) is 15.2 Å². The molecule has 3 fully saturated rings. The number of nitrogens with zero attached hydrogens (tertiary/aromatic N) is 2. The van der Waals surface area contributed by atoms with Crippen LogP contribution in [0.5, 0.6) is 17.4 Å². The molecular weight excluding hydrogens is 330 g/mol. The molecule has 136 valence electrons. The van der Waals surface area contributed by atoms with E-state index in [2.05, 4.69) is 15.2 Å². The molecule has 1 unspecified atom stereocenters. The minimum Gasteiger partial charge on any atom is -0.495 e. The lowest BCUT2D eigenvalue weighted by molar-refractivity contribution is 0.0620. The van der Waals surface area contributed by atoms with Gasteiger partial charge in [-0.05, 0) is 62.2 Å². The summed E-state index contributed by atoms with van der Waals surface area (Å²) in [5, 5.41) is 3.20. The number of nitrogens with one attached hydrogen (secondary N) is 1. The molecule has 26 heavy (non-hydrogen) atoms. The zero-order valence-corrected chi connectivity index (χ0v) is 14.9. The van der Waals surface area contributed by atoms with Gasteiger partial charge >= 0.3 is 0 Å². The van der Waals surface area contributed by atoms with Crippen LogP contribution in [0.3, 0.4) is 0 Å². The van der Waals surface area contributed by atoms with Gasteiger partial charge < -0.3 is 19.7 Å². The molecule has 3 aliphatic heterocycles. The van der Waals surface area contributed by atoms with E-state index in [1.807, 2.05) is 0 Å². The third-order valence-corrected chi connectivity index (χ3v) is 5.26. The van der Waals surface area contributed by atoms with Gasteiger partial charge in [0.05, 0.1) is 13.3 Å². The van der Waals surface area contributed by atoms with Gasteiger partial charge in [-0.1, -0.05) is 0 Å². The SMILES string of the molecule is COc1ccc(Oc2ccc(C(=O)NC3CN4CCC3CC4)cc2)nc1. The fourth-order valence-corrected chi connectivity index (χ4v) is 3.72. The van der Waals surface area contributed by atoms with Crippen LogP contribution < -0.4 is 14.8 Å². The lowest BCUT2D eigenvalue weighted by atomic mass is 9.84. The molecule has 1 N–H and O–H groups in total. The molecule has 0 radical (unpaired) electrons. The minimum absolute atomic E-state index is 0.0159. The molecule has 0 saturated carbocycles. The standard InChI is InChI=1S/C20H23N3O3/c1-25-17-6-7-19(21-12-17)26-16-4-2-15(3-5-16)20(24)22-18-13-23-10-8-14(18)9-11-23/h2-7,12,14,18H,8-11,13H2,1H3,(H,22,24). The van der Waals surface area contributed by atoms with E-state index in [9.17, 15) is 4.79 Å². The molecule has 1 aromatic carbocycles. The largest absolute Gasteiger partial charge is 0.495 e. The monoisotopic (exact) mass is 353 g/mol. The molecule has 1 aromatic heterocycles. The van der Waals surface area contributed by atoms with Crippen LogP contribution in [0, 0.1) is 5.92 Å². The Balaban J connectivity index is 1.36. The van der Waals surface area contributed by atoms with Gasteiger partial charge in [-0.3, -0.25) is 4.79 Å². The molecular formula is C20H23N3O3. The zero-order chi connectivity index (χ0) is 17.9. The lowest BCUT2D eigenvalue weighted by Crippen LogP contribution is -2.57. The quantitative estimate of drug-likeness (QED) is 0.895. The van der Waals surface area contributed by atoms with Crippen LogP contribution in [0.4, 0.5) is 0 Å². The number of carbonyl (C=O) groups is 1. The summed E-state index contributed by atoms with van der Waals surface area (Å²) in [6.07, 6.45) is 3.98. The number of benzene rings is 1. The molecule has 0 spiro atoms. The number of aromatic nitrogens is 1. The van der Waals surface area contributed by atoms with E-state index in [0.29, 0.717) is 28.9 Å². The normalized spacial score (nSPS) is 24.1. The molecule has 0 aliphatic carbocycles. The van der Waals surface area contributed by atoms with Crippen molar-refractivity contribution in [3.8, 4) is 17.4 Å². The van der Waals surface area contributed by atoms with Crippen molar-refractivity contribution < 1.29 is 14.3 Å². The highest BCUT2D eigenvalue weighted by Gasteiger charge is 2.34. The number of methoxy groups -OCH3 is 1. The Morgan fingerprint density at radius 2 is 1.85 bits per heavy atom. The van der Waals surface area contributed by atoms with E-state index in [4.69, 9.17) is 9.47 Å². The van der Waals surface area contributed by atoms with Crippen LogP contribution in [0.25, 0.3) is 0 Å². The fourth-order valence-electron chi connectivity index (χ4n) is 3.72. The number of hydrogen-bond acceptors (Lipinski definition) is 5. The van der Waals surface area contributed by atoms with Crippen molar-refractivity contribution in [2.24, 2.45) is 5.92 Å². The van der Waals surface area contributed by atoms with Gasteiger partial charge in [0.25, 0.3) is 5.91 Å². The molecule has 1 amide bonds. The lowest BCUT2D eigenvalue weighted by Gasteiger charge is -2.44. The molecule has 1 atom stereocenters. The fraction of sp³-hybridized carbons (Fsp3) is 0.400. The number of fused-ring (bicyclic) bond motifs is 3. The van der Waals surface area contributed by atoms with Crippen molar-refractivity contribution in [2.45, 2.75) is 18.9 Å². The highest BCUT2D eigenvalue weighted by molar-refractivity contribution is 5.94. The van der Waals surface area contributed by atoms with E-state index in [1.165, 1.54) is 25.9 Å². The predicted molar refractivity (Wildman–Crippen MR) is 97.7 cm³/mol. The Kier molecular flexibility index (Phi) is 4.75. The Hall–Kier alpha value is -2.60. The number of hydrogen-bond donors (Lipinski definition) is 1. The van der Waals surface area contributed by atoms with Gasteiger partial charge in [-0.2, -0.15) is 0 Å². The second-order valence-corrected chi connectivity index (χ2v) is 6.88. The molecule has 2 bridgehead atoms. The van der Waals surface area contributed by atoms with Gasteiger partial charge in [0.2, 0.25) is 5.88 Å². The average molecular weight is 353 g/mol. The Bertz CT molecular complexity index is 753. The smallest absolute Gasteiger partial charge is 0.251 e. The van der Waals surface area contributed by atoms with Gasteiger partial charge in [0.1, 0.15) is 11.5 Å². The van der Waals surface area contributed by atoms with Crippen LogP contribution in [-0.4, -0.2) is 48.6 Å². The average Bonchev–Trinajstić information content (AvgIpc) is 2.70. The minimum atomic E-state index is -0.0159. The summed E-state index contributed by atoms with van der Waals surface area (Å²) in [5.74, 6) is 2.40. The third kappa shape index (κ3) is 3.65. The van der Waals surface area contributed by atoms with Crippen molar-refractivity contribution in [3.63, 3.8) is 0 Å². The van der Waals surface area contributed by atoms with E-state index in [0.717, 1.165) is 6.54 Å². The van der Waals surface area contributed by atoms with Gasteiger partial charge in [-0.25, -0.2) is 4.98 Å². The van der Waals surface area contributed by atoms with Crippen molar-refractivity contribution in [1.29, 1.82) is 0 Å². The first kappa shape index (κ1) is 16.8. The second kappa shape index (κ2) is 7.33. The van der Waals surface area contributed by atoms with Crippen molar-refractivity contribution in [2.75, 3.05) is 26.7 Å². The van der Waals surface area contributed by atoms with Crippen LogP contribution in [0.2, 0.25) is 0 Å². The maximum absolute atomic E-state index is 12.5. The molecule has 4 heterocycles. The number of carbonyl (C=O) groups excluding carboxylic acids is 1. The van der Waals surface area contributed by atoms with Crippen LogP contribution in [0.15, 0.2) is 42.6 Å². The number of amides is 1. The Morgan fingerprint density at radius 3 is 2.42 bits per heavy atom.